The minimum Gasteiger partial charge on any atom is -0.495 e. The van der Waals surface area contributed by atoms with Crippen LogP contribution in [0.3, 0.4) is 0 Å². The number of hydrogen-bond acceptors (Lipinski definition) is 2. The van der Waals surface area contributed by atoms with Crippen molar-refractivity contribution in [1.29, 1.82) is 0 Å². The highest BCUT2D eigenvalue weighted by Crippen LogP contribution is 1.93. The van der Waals surface area contributed by atoms with Gasteiger partial charge in [0.15, 0.2) is 5.88 Å². The van der Waals surface area contributed by atoms with E-state index in [1.165, 1.54) is 0 Å². The molecule has 0 aromatic carbocycles. The van der Waals surface area contributed by atoms with Gasteiger partial charge in [-0.2, -0.15) is 0 Å². The van der Waals surface area contributed by atoms with E-state index < -0.39 is 0 Å². The first-order chi connectivity index (χ1) is 3.77. The molecule has 0 aliphatic rings. The lowest BCUT2D eigenvalue weighted by Gasteiger charge is -1.85. The fourth-order valence-electron chi connectivity index (χ4n) is 0.341. The lowest BCUT2D eigenvalue weighted by Crippen LogP contribution is -1.93. The van der Waals surface area contributed by atoms with Gasteiger partial charge in [-0.3, -0.25) is 0 Å². The van der Waals surface area contributed by atoms with Crippen molar-refractivity contribution >= 4 is 0 Å². The van der Waals surface area contributed by atoms with Gasteiger partial charge in [-0.25, -0.2) is 0 Å². The van der Waals surface area contributed by atoms with Crippen molar-refractivity contribution < 1.29 is 5.11 Å². The molecule has 0 saturated heterocycles. The quantitative estimate of drug-likeness (QED) is 0.327. The van der Waals surface area contributed by atoms with Gasteiger partial charge < -0.3 is 10.8 Å². The predicted molar refractivity (Wildman–Crippen MR) is 32.8 cm³/mol. The van der Waals surface area contributed by atoms with E-state index in [-0.39, 0.29) is 5.88 Å². The van der Waals surface area contributed by atoms with Crippen molar-refractivity contribution in [3.63, 3.8) is 0 Å². The molecule has 1 radical (unpaired) electrons. The van der Waals surface area contributed by atoms with Crippen LogP contribution in [0.1, 0.15) is 19.3 Å². The average Bonchev–Trinajstić information content (AvgIpc) is 1.66. The molecule has 45 valence electrons. The van der Waals surface area contributed by atoms with Gasteiger partial charge in [0, 0.05) is 6.08 Å². The number of rotatable bonds is 3. The topological polar surface area (TPSA) is 46.2 Å². The Morgan fingerprint density at radius 2 is 2.38 bits per heavy atom. The number of nitrogens with two attached hydrogens (primary N) is 1. The zero-order valence-electron chi connectivity index (χ0n) is 4.85. The SMILES string of the molecule is [CH2+]CCC[C]=C(N)O. The Bertz CT molecular complexity index is 74.6. The molecule has 0 amide bonds. The molecule has 0 heterocycles. The first-order valence-electron chi connectivity index (χ1n) is 2.62. The highest BCUT2D eigenvalue weighted by atomic mass is 16.3. The second-order valence-electron chi connectivity index (χ2n) is 1.52. The Hall–Kier alpha value is -0.790. The Labute approximate surface area is 50.0 Å². The summed E-state index contributed by atoms with van der Waals surface area (Å²) >= 11 is 0. The van der Waals surface area contributed by atoms with Gasteiger partial charge >= 0.3 is 0 Å². The second kappa shape index (κ2) is 4.37. The maximum absolute atomic E-state index is 8.34. The molecule has 2 heteroatoms. The van der Waals surface area contributed by atoms with Crippen molar-refractivity contribution in [3.05, 3.63) is 18.9 Å². The molecule has 0 aliphatic heterocycles. The highest BCUT2D eigenvalue weighted by Gasteiger charge is 1.84. The Balaban J connectivity index is 3.03. The van der Waals surface area contributed by atoms with E-state index in [9.17, 15) is 0 Å². The molecule has 0 aromatic rings. The zero-order chi connectivity index (χ0) is 6.41. The van der Waals surface area contributed by atoms with Gasteiger partial charge in [-0.05, 0) is 12.8 Å². The van der Waals surface area contributed by atoms with Crippen molar-refractivity contribution in [1.82, 2.24) is 0 Å². The third-order valence-electron chi connectivity index (χ3n) is 0.733. The average molecular weight is 113 g/mol. The van der Waals surface area contributed by atoms with Crippen molar-refractivity contribution in [2.75, 3.05) is 0 Å². The van der Waals surface area contributed by atoms with Crippen LogP contribution in [0.2, 0.25) is 0 Å². The molecule has 8 heavy (non-hydrogen) atoms. The number of allylic oxidation sites excluding steroid dienone is 1. The fourth-order valence-corrected chi connectivity index (χ4v) is 0.341. The molecule has 0 aliphatic carbocycles. The summed E-state index contributed by atoms with van der Waals surface area (Å²) < 4.78 is 0. The van der Waals surface area contributed by atoms with Gasteiger partial charge in [-0.1, -0.05) is 0 Å². The summed E-state index contributed by atoms with van der Waals surface area (Å²) in [6.07, 6.45) is 5.05. The van der Waals surface area contributed by atoms with Gasteiger partial charge in [0.05, 0.1) is 13.3 Å². The van der Waals surface area contributed by atoms with Crippen LogP contribution in [0.4, 0.5) is 0 Å². The molecular weight excluding hydrogens is 102 g/mol. The third kappa shape index (κ3) is 5.21. The summed E-state index contributed by atoms with van der Waals surface area (Å²) in [6.45, 7) is 3.61. The van der Waals surface area contributed by atoms with Crippen LogP contribution in [-0.4, -0.2) is 5.11 Å². The molecule has 0 aromatic heterocycles. The first kappa shape index (κ1) is 7.21. The van der Waals surface area contributed by atoms with Crippen LogP contribution >= 0.6 is 0 Å². The third-order valence-corrected chi connectivity index (χ3v) is 0.733. The largest absolute Gasteiger partial charge is 0.495 e. The normalized spacial score (nSPS) is 11.8. The predicted octanol–water partition coefficient (Wildman–Crippen LogP) is 1.15. The molecule has 2 nitrogen and oxygen atoms in total. The molecule has 0 rings (SSSR count). The lowest BCUT2D eigenvalue weighted by atomic mass is 10.2. The molecule has 0 bridgehead atoms. The van der Waals surface area contributed by atoms with E-state index in [1.807, 2.05) is 0 Å². The molecule has 0 atom stereocenters. The summed E-state index contributed by atoms with van der Waals surface area (Å²) in [4.78, 5) is 0. The molecule has 0 unspecified atom stereocenters. The van der Waals surface area contributed by atoms with Gasteiger partial charge in [0.1, 0.15) is 0 Å². The van der Waals surface area contributed by atoms with Crippen molar-refractivity contribution in [2.24, 2.45) is 5.73 Å². The highest BCUT2D eigenvalue weighted by molar-refractivity contribution is 4.74. The summed E-state index contributed by atoms with van der Waals surface area (Å²) in [5.74, 6) is -0.210. The second-order valence-corrected chi connectivity index (χ2v) is 1.52. The number of hydrogen-bond donors (Lipinski definition) is 2. The van der Waals surface area contributed by atoms with Crippen LogP contribution in [0.25, 0.3) is 0 Å². The van der Waals surface area contributed by atoms with Crippen LogP contribution in [-0.2, 0) is 0 Å². The van der Waals surface area contributed by atoms with E-state index in [2.05, 4.69) is 13.0 Å². The van der Waals surface area contributed by atoms with Crippen LogP contribution in [0.5, 0.6) is 0 Å². The summed E-state index contributed by atoms with van der Waals surface area (Å²) in [5.41, 5.74) is 4.87. The smallest absolute Gasteiger partial charge is 0.185 e. The van der Waals surface area contributed by atoms with Gasteiger partial charge in [-0.15, -0.1) is 0 Å². The molecule has 3 N–H and O–H groups in total. The van der Waals surface area contributed by atoms with Crippen LogP contribution in [0, 0.1) is 13.0 Å². The molecule has 0 fully saturated rings. The monoisotopic (exact) mass is 113 g/mol. The number of unbranched alkanes of at least 4 members (excludes halogenated alkanes) is 2. The minimum atomic E-state index is -0.210. The molecular formula is C6H11NO+. The maximum Gasteiger partial charge on any atom is 0.185 e. The van der Waals surface area contributed by atoms with E-state index in [0.29, 0.717) is 6.42 Å². The number of aliphatic hydroxyl groups is 1. The Morgan fingerprint density at radius 1 is 1.75 bits per heavy atom. The van der Waals surface area contributed by atoms with E-state index in [4.69, 9.17) is 10.8 Å². The minimum absolute atomic E-state index is 0.210. The fraction of sp³-hybridized carbons (Fsp3) is 0.500. The number of aliphatic hydroxyl groups excluding tert-OH is 1. The molecule has 0 saturated carbocycles. The van der Waals surface area contributed by atoms with Gasteiger partial charge in [0.2, 0.25) is 0 Å². The van der Waals surface area contributed by atoms with E-state index in [0.717, 1.165) is 12.8 Å². The lowest BCUT2D eigenvalue weighted by molar-refractivity contribution is 0.398. The molecule has 0 spiro atoms. The van der Waals surface area contributed by atoms with Gasteiger partial charge in [0.25, 0.3) is 0 Å². The van der Waals surface area contributed by atoms with E-state index in [1.54, 1.807) is 0 Å². The Morgan fingerprint density at radius 3 is 2.75 bits per heavy atom. The first-order valence-corrected chi connectivity index (χ1v) is 2.62. The summed E-state index contributed by atoms with van der Waals surface area (Å²) in [5, 5.41) is 8.34. The van der Waals surface area contributed by atoms with Crippen molar-refractivity contribution in [3.8, 4) is 0 Å². The maximum atomic E-state index is 8.34. The zero-order valence-corrected chi connectivity index (χ0v) is 4.85. The standard InChI is InChI=1S/C6H10NO/c1-2-3-4-5-6(7)8/h1-4,7H2/p+1. The van der Waals surface area contributed by atoms with Crippen molar-refractivity contribution in [2.45, 2.75) is 19.3 Å². The van der Waals surface area contributed by atoms with Crippen LogP contribution in [0.15, 0.2) is 5.88 Å². The van der Waals surface area contributed by atoms with E-state index >= 15 is 0 Å². The summed E-state index contributed by atoms with van der Waals surface area (Å²) in [7, 11) is 0. The van der Waals surface area contributed by atoms with Crippen LogP contribution < -0.4 is 5.73 Å². The Kier molecular flexibility index (Phi) is 3.94. The summed E-state index contributed by atoms with van der Waals surface area (Å²) in [6, 6.07) is 0.